The van der Waals surface area contributed by atoms with Gasteiger partial charge in [0.25, 0.3) is 0 Å². The molecular weight excluding hydrogens is 360 g/mol. The van der Waals surface area contributed by atoms with Crippen molar-refractivity contribution in [3.05, 3.63) is 35.9 Å². The summed E-state index contributed by atoms with van der Waals surface area (Å²) in [5.74, 6) is 3.19. The van der Waals surface area contributed by atoms with Gasteiger partial charge in [0.15, 0.2) is 0 Å². The van der Waals surface area contributed by atoms with Gasteiger partial charge in [-0.3, -0.25) is 9.59 Å². The van der Waals surface area contributed by atoms with Crippen LogP contribution in [-0.4, -0.2) is 36.3 Å². The van der Waals surface area contributed by atoms with Gasteiger partial charge in [-0.1, -0.05) is 30.3 Å². The van der Waals surface area contributed by atoms with E-state index in [0.29, 0.717) is 5.92 Å². The maximum Gasteiger partial charge on any atom is 0.241 e. The fourth-order valence-electron chi connectivity index (χ4n) is 7.18. The van der Waals surface area contributed by atoms with Crippen LogP contribution >= 0.6 is 0 Å². The second kappa shape index (κ2) is 7.77. The summed E-state index contributed by atoms with van der Waals surface area (Å²) in [5, 5.41) is 3.06. The van der Waals surface area contributed by atoms with E-state index < -0.39 is 0 Å². The zero-order valence-electron chi connectivity index (χ0n) is 17.4. The molecule has 4 heteroatoms. The summed E-state index contributed by atoms with van der Waals surface area (Å²) in [6.45, 7) is 1.83. The Morgan fingerprint density at radius 3 is 2.10 bits per heavy atom. The zero-order chi connectivity index (χ0) is 19.8. The van der Waals surface area contributed by atoms with Gasteiger partial charge in [-0.2, -0.15) is 0 Å². The average Bonchev–Trinajstić information content (AvgIpc) is 2.72. The van der Waals surface area contributed by atoms with E-state index in [9.17, 15) is 9.59 Å². The Morgan fingerprint density at radius 2 is 1.52 bits per heavy atom. The largest absolute Gasteiger partial charge is 0.347 e. The number of hydrogen-bond donors (Lipinski definition) is 1. The lowest BCUT2D eigenvalue weighted by molar-refractivity contribution is -0.148. The Kier molecular flexibility index (Phi) is 5.13. The molecule has 0 unspecified atom stereocenters. The summed E-state index contributed by atoms with van der Waals surface area (Å²) in [7, 11) is 0. The minimum Gasteiger partial charge on any atom is -0.347 e. The molecule has 4 nitrogen and oxygen atoms in total. The first-order chi connectivity index (χ1) is 14.1. The van der Waals surface area contributed by atoms with Gasteiger partial charge in [-0.05, 0) is 87.0 Å². The van der Waals surface area contributed by atoms with E-state index in [2.05, 4.69) is 35.6 Å². The first-order valence-corrected chi connectivity index (χ1v) is 11.7. The molecule has 156 valence electrons. The predicted octanol–water partition coefficient (Wildman–Crippen LogP) is 3.80. The van der Waals surface area contributed by atoms with E-state index >= 15 is 0 Å². The van der Waals surface area contributed by atoms with Crippen molar-refractivity contribution in [1.82, 2.24) is 10.2 Å². The molecule has 0 aromatic heterocycles. The monoisotopic (exact) mass is 394 g/mol. The third-order valence-corrected chi connectivity index (χ3v) is 8.25. The molecule has 1 saturated heterocycles. The normalized spacial score (nSPS) is 33.7. The van der Waals surface area contributed by atoms with Crippen LogP contribution in [0.3, 0.4) is 0 Å². The first-order valence-electron chi connectivity index (χ1n) is 11.7. The van der Waals surface area contributed by atoms with Gasteiger partial charge in [-0.15, -0.1) is 0 Å². The summed E-state index contributed by atoms with van der Waals surface area (Å²) in [6, 6.07) is 10.6. The van der Waals surface area contributed by atoms with E-state index in [4.69, 9.17) is 0 Å². The van der Waals surface area contributed by atoms with Gasteiger partial charge < -0.3 is 10.2 Å². The molecule has 2 amide bonds. The highest BCUT2D eigenvalue weighted by Gasteiger charge is 2.54. The van der Waals surface area contributed by atoms with Gasteiger partial charge in [0.1, 0.15) is 0 Å². The highest BCUT2D eigenvalue weighted by atomic mass is 16.2. The number of nitrogens with one attached hydrogen (secondary N) is 1. The van der Waals surface area contributed by atoms with Crippen LogP contribution in [0.5, 0.6) is 0 Å². The molecular formula is C25H34N2O2. The number of rotatable bonds is 5. The molecule has 29 heavy (non-hydrogen) atoms. The van der Waals surface area contributed by atoms with Crippen molar-refractivity contribution in [1.29, 1.82) is 0 Å². The molecule has 1 heterocycles. The van der Waals surface area contributed by atoms with Crippen LogP contribution in [0.4, 0.5) is 0 Å². The standard InChI is InChI=1S/C25H34N2O2/c28-23(27-8-6-19(7-9-27)10-18-4-2-1-3-5-18)17-26-24(29)25-14-20-11-21(15-25)13-22(12-20)16-25/h1-5,19-22H,6-17H2,(H,26,29). The molecule has 1 aliphatic heterocycles. The summed E-state index contributed by atoms with van der Waals surface area (Å²) in [5.41, 5.74) is 1.23. The molecule has 0 atom stereocenters. The van der Waals surface area contributed by atoms with Crippen LogP contribution in [0.1, 0.15) is 56.9 Å². The molecule has 5 aliphatic rings. The fourth-order valence-corrected chi connectivity index (χ4v) is 7.18. The lowest BCUT2D eigenvalue weighted by atomic mass is 9.49. The van der Waals surface area contributed by atoms with Crippen molar-refractivity contribution >= 4 is 11.8 Å². The van der Waals surface area contributed by atoms with Crippen LogP contribution < -0.4 is 5.32 Å². The molecule has 6 rings (SSSR count). The maximum absolute atomic E-state index is 13.1. The summed E-state index contributed by atoms with van der Waals surface area (Å²) in [6.07, 6.45) is 10.4. The Labute approximate surface area is 174 Å². The van der Waals surface area contributed by atoms with Crippen molar-refractivity contribution in [2.75, 3.05) is 19.6 Å². The second-order valence-corrected chi connectivity index (χ2v) is 10.4. The fraction of sp³-hybridized carbons (Fsp3) is 0.680. The van der Waals surface area contributed by atoms with Crippen LogP contribution in [0.2, 0.25) is 0 Å². The number of piperidine rings is 1. The lowest BCUT2D eigenvalue weighted by Crippen LogP contribution is -2.55. The number of amides is 2. The Morgan fingerprint density at radius 1 is 0.931 bits per heavy atom. The van der Waals surface area contributed by atoms with E-state index in [1.54, 1.807) is 0 Å². The van der Waals surface area contributed by atoms with Gasteiger partial charge in [-0.25, -0.2) is 0 Å². The van der Waals surface area contributed by atoms with E-state index in [0.717, 1.165) is 69.4 Å². The first kappa shape index (κ1) is 19.1. The predicted molar refractivity (Wildman–Crippen MR) is 113 cm³/mol. The molecule has 1 aromatic rings. The number of carbonyl (C=O) groups is 2. The highest BCUT2D eigenvalue weighted by Crippen LogP contribution is 2.60. The minimum absolute atomic E-state index is 0.0984. The molecule has 4 aliphatic carbocycles. The average molecular weight is 395 g/mol. The van der Waals surface area contributed by atoms with Crippen molar-refractivity contribution in [3.8, 4) is 0 Å². The van der Waals surface area contributed by atoms with Crippen LogP contribution in [0.25, 0.3) is 0 Å². The van der Waals surface area contributed by atoms with Gasteiger partial charge in [0.05, 0.1) is 6.54 Å². The molecule has 0 spiro atoms. The van der Waals surface area contributed by atoms with Crippen LogP contribution in [0, 0.1) is 29.1 Å². The summed E-state index contributed by atoms with van der Waals surface area (Å²) in [4.78, 5) is 27.7. The molecule has 0 radical (unpaired) electrons. The second-order valence-electron chi connectivity index (χ2n) is 10.4. The summed E-state index contributed by atoms with van der Waals surface area (Å²) < 4.78 is 0. The van der Waals surface area contributed by atoms with E-state index in [1.165, 1.54) is 24.8 Å². The number of likely N-dealkylation sites (tertiary alicyclic amines) is 1. The SMILES string of the molecule is O=C(CNC(=O)C12CC3CC(CC(C3)C1)C2)N1CCC(Cc2ccccc2)CC1. The Balaban J connectivity index is 1.09. The van der Waals surface area contributed by atoms with Crippen molar-refractivity contribution in [3.63, 3.8) is 0 Å². The molecule has 1 aromatic carbocycles. The van der Waals surface area contributed by atoms with Gasteiger partial charge in [0, 0.05) is 18.5 Å². The summed E-state index contributed by atoms with van der Waals surface area (Å²) >= 11 is 0. The van der Waals surface area contributed by atoms with Crippen molar-refractivity contribution in [2.45, 2.75) is 57.8 Å². The van der Waals surface area contributed by atoms with E-state index in [-0.39, 0.29) is 23.8 Å². The van der Waals surface area contributed by atoms with Crippen molar-refractivity contribution in [2.24, 2.45) is 29.1 Å². The van der Waals surface area contributed by atoms with E-state index in [1.807, 2.05) is 4.90 Å². The number of carbonyl (C=O) groups excluding carboxylic acids is 2. The third-order valence-electron chi connectivity index (χ3n) is 8.25. The van der Waals surface area contributed by atoms with Crippen molar-refractivity contribution < 1.29 is 9.59 Å². The quantitative estimate of drug-likeness (QED) is 0.826. The topological polar surface area (TPSA) is 49.4 Å². The number of nitrogens with zero attached hydrogens (tertiary/aromatic N) is 1. The molecule has 4 bridgehead atoms. The molecule has 4 saturated carbocycles. The molecule has 1 N–H and O–H groups in total. The Bertz CT molecular complexity index is 716. The Hall–Kier alpha value is -1.84. The van der Waals surface area contributed by atoms with Crippen LogP contribution in [-0.2, 0) is 16.0 Å². The lowest BCUT2D eigenvalue weighted by Gasteiger charge is -2.55. The minimum atomic E-state index is -0.155. The number of benzene rings is 1. The van der Waals surface area contributed by atoms with Gasteiger partial charge in [0.2, 0.25) is 11.8 Å². The highest BCUT2D eigenvalue weighted by molar-refractivity contribution is 5.88. The number of hydrogen-bond acceptors (Lipinski definition) is 2. The smallest absolute Gasteiger partial charge is 0.241 e. The molecule has 5 fully saturated rings. The zero-order valence-corrected chi connectivity index (χ0v) is 17.4. The third kappa shape index (κ3) is 3.95. The van der Waals surface area contributed by atoms with Gasteiger partial charge >= 0.3 is 0 Å². The maximum atomic E-state index is 13.1. The van der Waals surface area contributed by atoms with Crippen LogP contribution in [0.15, 0.2) is 30.3 Å².